The number of amides is 2. The Hall–Kier alpha value is -1.86. The Kier molecular flexibility index (Phi) is 3.69. The zero-order chi connectivity index (χ0) is 15.0. The molecule has 2 heterocycles. The van der Waals surface area contributed by atoms with Crippen molar-refractivity contribution >= 4 is 29.5 Å². The third-order valence-corrected chi connectivity index (χ3v) is 4.75. The molecule has 0 aliphatic carbocycles. The standard InChI is InChI=1S/C14H14N2O4S/c17-12-9-3-1-2-4-10(9)13(18)16(12)8-15-5-6-21-7-11(15)14(19)20/h1-4,11H,5-8H2,(H,19,20). The summed E-state index contributed by atoms with van der Waals surface area (Å²) in [5.41, 5.74) is 0.779. The van der Waals surface area contributed by atoms with Gasteiger partial charge in [-0.2, -0.15) is 11.8 Å². The van der Waals surface area contributed by atoms with Crippen molar-refractivity contribution in [3.8, 4) is 0 Å². The minimum absolute atomic E-state index is 0.0316. The van der Waals surface area contributed by atoms with Gasteiger partial charge in [0.15, 0.2) is 0 Å². The van der Waals surface area contributed by atoms with E-state index in [4.69, 9.17) is 0 Å². The van der Waals surface area contributed by atoms with Crippen LogP contribution in [0.15, 0.2) is 24.3 Å². The Morgan fingerprint density at radius 1 is 1.24 bits per heavy atom. The molecule has 1 aromatic carbocycles. The minimum atomic E-state index is -0.918. The van der Waals surface area contributed by atoms with Crippen LogP contribution in [0.5, 0.6) is 0 Å². The molecule has 3 rings (SSSR count). The number of aliphatic carboxylic acids is 1. The maximum Gasteiger partial charge on any atom is 0.321 e. The third kappa shape index (κ3) is 2.43. The van der Waals surface area contributed by atoms with Crippen molar-refractivity contribution < 1.29 is 19.5 Å². The van der Waals surface area contributed by atoms with E-state index in [0.717, 1.165) is 10.7 Å². The first kappa shape index (κ1) is 14.1. The molecule has 110 valence electrons. The van der Waals surface area contributed by atoms with Gasteiger partial charge in [-0.05, 0) is 12.1 Å². The number of rotatable bonds is 3. The summed E-state index contributed by atoms with van der Waals surface area (Å²) >= 11 is 1.57. The number of thioether (sulfide) groups is 1. The van der Waals surface area contributed by atoms with Gasteiger partial charge in [-0.25, -0.2) is 0 Å². The van der Waals surface area contributed by atoms with Gasteiger partial charge in [-0.3, -0.25) is 24.2 Å². The summed E-state index contributed by atoms with van der Waals surface area (Å²) in [6.07, 6.45) is 0. The Labute approximate surface area is 125 Å². The fraction of sp³-hybridized carbons (Fsp3) is 0.357. The van der Waals surface area contributed by atoms with Crippen molar-refractivity contribution in [3.63, 3.8) is 0 Å². The summed E-state index contributed by atoms with van der Waals surface area (Å²) in [6, 6.07) is 6.01. The van der Waals surface area contributed by atoms with Gasteiger partial charge in [-0.15, -0.1) is 0 Å². The molecule has 2 aliphatic heterocycles. The van der Waals surface area contributed by atoms with Crippen LogP contribution in [-0.4, -0.2) is 63.5 Å². The zero-order valence-electron chi connectivity index (χ0n) is 11.2. The molecule has 1 unspecified atom stereocenters. The number of carbonyl (C=O) groups is 3. The van der Waals surface area contributed by atoms with Crippen molar-refractivity contribution in [1.29, 1.82) is 0 Å². The van der Waals surface area contributed by atoms with Gasteiger partial charge in [0.2, 0.25) is 0 Å². The Morgan fingerprint density at radius 3 is 2.43 bits per heavy atom. The van der Waals surface area contributed by atoms with E-state index in [-0.39, 0.29) is 18.5 Å². The Bertz CT molecular complexity index is 584. The van der Waals surface area contributed by atoms with Crippen molar-refractivity contribution in [2.75, 3.05) is 24.7 Å². The molecule has 1 N–H and O–H groups in total. The molecule has 7 heteroatoms. The zero-order valence-corrected chi connectivity index (χ0v) is 12.0. The minimum Gasteiger partial charge on any atom is -0.480 e. The summed E-state index contributed by atoms with van der Waals surface area (Å²) in [4.78, 5) is 38.7. The summed E-state index contributed by atoms with van der Waals surface area (Å²) in [5, 5.41) is 9.24. The maximum atomic E-state index is 12.3. The Balaban J connectivity index is 1.81. The van der Waals surface area contributed by atoms with Crippen molar-refractivity contribution in [2.24, 2.45) is 0 Å². The van der Waals surface area contributed by atoms with E-state index < -0.39 is 12.0 Å². The van der Waals surface area contributed by atoms with Gasteiger partial charge >= 0.3 is 5.97 Å². The lowest BCUT2D eigenvalue weighted by atomic mass is 10.1. The van der Waals surface area contributed by atoms with E-state index in [1.54, 1.807) is 40.9 Å². The predicted octanol–water partition coefficient (Wildman–Crippen LogP) is 0.742. The number of carboxylic acid groups (broad SMARTS) is 1. The lowest BCUT2D eigenvalue weighted by molar-refractivity contribution is -0.143. The number of carbonyl (C=O) groups excluding carboxylic acids is 2. The maximum absolute atomic E-state index is 12.3. The van der Waals surface area contributed by atoms with Crippen LogP contribution in [-0.2, 0) is 4.79 Å². The summed E-state index contributed by atoms with van der Waals surface area (Å²) in [5.74, 6) is -0.347. The van der Waals surface area contributed by atoms with Crippen molar-refractivity contribution in [3.05, 3.63) is 35.4 Å². The summed E-state index contributed by atoms with van der Waals surface area (Å²) in [7, 11) is 0. The van der Waals surface area contributed by atoms with Gasteiger partial charge in [0.1, 0.15) is 6.04 Å². The molecule has 2 aliphatic rings. The Morgan fingerprint density at radius 2 is 1.86 bits per heavy atom. The van der Waals surface area contributed by atoms with E-state index in [9.17, 15) is 19.5 Å². The first-order chi connectivity index (χ1) is 10.1. The number of benzene rings is 1. The van der Waals surface area contributed by atoms with Gasteiger partial charge in [0.25, 0.3) is 11.8 Å². The molecule has 0 saturated carbocycles. The highest BCUT2D eigenvalue weighted by Crippen LogP contribution is 2.24. The smallest absolute Gasteiger partial charge is 0.321 e. The van der Waals surface area contributed by atoms with Crippen LogP contribution in [0.1, 0.15) is 20.7 Å². The molecule has 1 saturated heterocycles. The van der Waals surface area contributed by atoms with E-state index in [1.807, 2.05) is 0 Å². The molecule has 1 atom stereocenters. The average Bonchev–Trinajstić information content (AvgIpc) is 2.73. The van der Waals surface area contributed by atoms with Gasteiger partial charge in [-0.1, -0.05) is 12.1 Å². The fourth-order valence-corrected chi connectivity index (χ4v) is 3.69. The second-order valence-corrected chi connectivity index (χ2v) is 6.12. The van der Waals surface area contributed by atoms with E-state index >= 15 is 0 Å². The van der Waals surface area contributed by atoms with Crippen LogP contribution >= 0.6 is 11.8 Å². The van der Waals surface area contributed by atoms with Crippen LogP contribution in [0.3, 0.4) is 0 Å². The highest BCUT2D eigenvalue weighted by molar-refractivity contribution is 7.99. The van der Waals surface area contributed by atoms with Crippen LogP contribution in [0.25, 0.3) is 0 Å². The molecule has 2 amide bonds. The van der Waals surface area contributed by atoms with E-state index in [1.165, 1.54) is 0 Å². The first-order valence-electron chi connectivity index (χ1n) is 6.59. The SMILES string of the molecule is O=C(O)C1CSCCN1CN1C(=O)c2ccccc2C1=O. The fourth-order valence-electron chi connectivity index (χ4n) is 2.58. The molecule has 0 radical (unpaired) electrons. The van der Waals surface area contributed by atoms with Crippen molar-refractivity contribution in [1.82, 2.24) is 9.80 Å². The van der Waals surface area contributed by atoms with Crippen LogP contribution in [0, 0.1) is 0 Å². The first-order valence-corrected chi connectivity index (χ1v) is 7.75. The molecular weight excluding hydrogens is 292 g/mol. The number of carboxylic acids is 1. The largest absolute Gasteiger partial charge is 0.480 e. The lowest BCUT2D eigenvalue weighted by Gasteiger charge is -2.34. The molecule has 6 nitrogen and oxygen atoms in total. The third-order valence-electron chi connectivity index (χ3n) is 3.73. The van der Waals surface area contributed by atoms with Crippen LogP contribution in [0.2, 0.25) is 0 Å². The molecule has 21 heavy (non-hydrogen) atoms. The summed E-state index contributed by atoms with van der Waals surface area (Å²) < 4.78 is 0. The van der Waals surface area contributed by atoms with Gasteiger partial charge in [0, 0.05) is 18.1 Å². The molecule has 1 aromatic rings. The van der Waals surface area contributed by atoms with Gasteiger partial charge < -0.3 is 5.11 Å². The van der Waals surface area contributed by atoms with Crippen molar-refractivity contribution in [2.45, 2.75) is 6.04 Å². The predicted molar refractivity (Wildman–Crippen MR) is 77.3 cm³/mol. The molecule has 0 spiro atoms. The van der Waals surface area contributed by atoms with Gasteiger partial charge in [0.05, 0.1) is 17.8 Å². The lowest BCUT2D eigenvalue weighted by Crippen LogP contribution is -2.52. The normalized spacial score (nSPS) is 22.5. The monoisotopic (exact) mass is 306 g/mol. The van der Waals surface area contributed by atoms with E-state index in [2.05, 4.69) is 0 Å². The van der Waals surface area contributed by atoms with Crippen LogP contribution < -0.4 is 0 Å². The highest BCUT2D eigenvalue weighted by Gasteiger charge is 2.38. The number of nitrogens with zero attached hydrogens (tertiary/aromatic N) is 2. The van der Waals surface area contributed by atoms with E-state index in [0.29, 0.717) is 23.4 Å². The second-order valence-electron chi connectivity index (χ2n) is 4.97. The van der Waals surface area contributed by atoms with Crippen LogP contribution in [0.4, 0.5) is 0 Å². The summed E-state index contributed by atoms with van der Waals surface area (Å²) in [6.45, 7) is 0.582. The molecule has 0 aromatic heterocycles. The molecule has 1 fully saturated rings. The molecular formula is C14H14N2O4S. The molecule has 0 bridgehead atoms. The second kappa shape index (κ2) is 5.50. The number of hydrogen-bond donors (Lipinski definition) is 1. The highest BCUT2D eigenvalue weighted by atomic mass is 32.2. The number of imide groups is 1. The average molecular weight is 306 g/mol. The topological polar surface area (TPSA) is 77.9 Å². The number of hydrogen-bond acceptors (Lipinski definition) is 5. The quantitative estimate of drug-likeness (QED) is 0.830. The number of fused-ring (bicyclic) bond motifs is 1.